The average Bonchev–Trinajstić information content (AvgIpc) is 2.37. The average molecular weight is 267 g/mol. The summed E-state index contributed by atoms with van der Waals surface area (Å²) >= 11 is 1.90. The molecule has 2 unspecified atom stereocenters. The van der Waals surface area contributed by atoms with E-state index in [4.69, 9.17) is 4.74 Å². The molecule has 0 heterocycles. The predicted molar refractivity (Wildman–Crippen MR) is 81.6 cm³/mol. The smallest absolute Gasteiger partial charge is 0.124 e. The van der Waals surface area contributed by atoms with Crippen LogP contribution in [0.3, 0.4) is 0 Å². The summed E-state index contributed by atoms with van der Waals surface area (Å²) in [6.45, 7) is 7.19. The van der Waals surface area contributed by atoms with E-state index in [2.05, 4.69) is 37.6 Å². The Hall–Kier alpha value is -0.670. The van der Waals surface area contributed by atoms with Gasteiger partial charge in [0.15, 0.2) is 0 Å². The molecule has 0 saturated carbocycles. The molecule has 2 atom stereocenters. The molecule has 2 nitrogen and oxygen atoms in total. The zero-order valence-corrected chi connectivity index (χ0v) is 12.7. The molecule has 3 heteroatoms. The van der Waals surface area contributed by atoms with Gasteiger partial charge in [-0.1, -0.05) is 18.2 Å². The molecule has 1 N–H and O–H groups in total. The standard InChI is InChI=1S/C15H25NOS/c1-5-17-15-9-7-6-8-14(15)13(3)16-12(2)10-11-18-4/h6-9,12-13,16H,5,10-11H2,1-4H3. The quantitative estimate of drug-likeness (QED) is 0.772. The Kier molecular flexibility index (Phi) is 7.21. The number of hydrogen-bond acceptors (Lipinski definition) is 3. The zero-order chi connectivity index (χ0) is 13.4. The van der Waals surface area contributed by atoms with E-state index >= 15 is 0 Å². The molecule has 0 bridgehead atoms. The normalized spacial score (nSPS) is 14.2. The number of benzene rings is 1. The van der Waals surface area contributed by atoms with Gasteiger partial charge in [0, 0.05) is 17.6 Å². The summed E-state index contributed by atoms with van der Waals surface area (Å²) in [5, 5.41) is 3.64. The molecule has 1 rings (SSSR count). The molecular weight excluding hydrogens is 242 g/mol. The Morgan fingerprint density at radius 1 is 1.28 bits per heavy atom. The molecule has 0 aliphatic heterocycles. The number of thioether (sulfide) groups is 1. The second kappa shape index (κ2) is 8.44. The zero-order valence-electron chi connectivity index (χ0n) is 11.9. The van der Waals surface area contributed by atoms with E-state index in [1.807, 2.05) is 30.8 Å². The summed E-state index contributed by atoms with van der Waals surface area (Å²) in [6.07, 6.45) is 3.35. The van der Waals surface area contributed by atoms with Crippen molar-refractivity contribution in [3.05, 3.63) is 29.8 Å². The van der Waals surface area contributed by atoms with Crippen LogP contribution in [0.15, 0.2) is 24.3 Å². The highest BCUT2D eigenvalue weighted by molar-refractivity contribution is 7.98. The van der Waals surface area contributed by atoms with Gasteiger partial charge in [0.05, 0.1) is 6.61 Å². The predicted octanol–water partition coefficient (Wildman–Crippen LogP) is 3.88. The molecule has 0 radical (unpaired) electrons. The van der Waals surface area contributed by atoms with E-state index in [0.717, 1.165) is 5.75 Å². The van der Waals surface area contributed by atoms with Gasteiger partial charge in [0.25, 0.3) is 0 Å². The van der Waals surface area contributed by atoms with E-state index < -0.39 is 0 Å². The van der Waals surface area contributed by atoms with Gasteiger partial charge in [-0.15, -0.1) is 0 Å². The van der Waals surface area contributed by atoms with Crippen LogP contribution in [0.25, 0.3) is 0 Å². The Balaban J connectivity index is 2.62. The molecule has 1 aromatic carbocycles. The van der Waals surface area contributed by atoms with Crippen LogP contribution < -0.4 is 10.1 Å². The largest absolute Gasteiger partial charge is 0.494 e. The first-order chi connectivity index (χ1) is 8.69. The second-order valence-corrected chi connectivity index (χ2v) is 5.53. The maximum absolute atomic E-state index is 5.68. The van der Waals surface area contributed by atoms with Crippen molar-refractivity contribution in [3.63, 3.8) is 0 Å². The van der Waals surface area contributed by atoms with Gasteiger partial charge in [-0.25, -0.2) is 0 Å². The lowest BCUT2D eigenvalue weighted by molar-refractivity contribution is 0.330. The SMILES string of the molecule is CCOc1ccccc1C(C)NC(C)CCSC. The first kappa shape index (κ1) is 15.4. The highest BCUT2D eigenvalue weighted by atomic mass is 32.2. The van der Waals surface area contributed by atoms with Crippen molar-refractivity contribution < 1.29 is 4.74 Å². The molecule has 0 spiro atoms. The van der Waals surface area contributed by atoms with Crippen LogP contribution in [0.5, 0.6) is 5.75 Å². The summed E-state index contributed by atoms with van der Waals surface area (Å²) in [5.41, 5.74) is 1.25. The van der Waals surface area contributed by atoms with Crippen LogP contribution >= 0.6 is 11.8 Å². The summed E-state index contributed by atoms with van der Waals surface area (Å²) in [5.74, 6) is 2.20. The Labute approximate surface area is 116 Å². The Morgan fingerprint density at radius 3 is 2.67 bits per heavy atom. The lowest BCUT2D eigenvalue weighted by atomic mass is 10.1. The van der Waals surface area contributed by atoms with Crippen LogP contribution in [-0.2, 0) is 0 Å². The molecule has 0 aromatic heterocycles. The first-order valence-electron chi connectivity index (χ1n) is 6.65. The van der Waals surface area contributed by atoms with Crippen molar-refractivity contribution in [1.29, 1.82) is 0 Å². The molecule has 0 aliphatic carbocycles. The van der Waals surface area contributed by atoms with Crippen LogP contribution in [0.4, 0.5) is 0 Å². The number of rotatable bonds is 8. The third kappa shape index (κ3) is 4.91. The molecule has 0 aliphatic rings. The lowest BCUT2D eigenvalue weighted by Crippen LogP contribution is -2.29. The molecule has 0 fully saturated rings. The van der Waals surface area contributed by atoms with Crippen LogP contribution in [0.1, 0.15) is 38.8 Å². The Morgan fingerprint density at radius 2 is 2.00 bits per heavy atom. The number of ether oxygens (including phenoxy) is 1. The first-order valence-corrected chi connectivity index (χ1v) is 8.05. The van der Waals surface area contributed by atoms with Crippen molar-refractivity contribution in [2.45, 2.75) is 39.3 Å². The minimum atomic E-state index is 0.324. The second-order valence-electron chi connectivity index (χ2n) is 4.54. The van der Waals surface area contributed by atoms with Gasteiger partial charge in [-0.05, 0) is 45.3 Å². The summed E-state index contributed by atoms with van der Waals surface area (Å²) < 4.78 is 5.68. The van der Waals surface area contributed by atoms with Gasteiger partial charge in [-0.3, -0.25) is 0 Å². The minimum Gasteiger partial charge on any atom is -0.494 e. The summed E-state index contributed by atoms with van der Waals surface area (Å²) in [7, 11) is 0. The third-order valence-electron chi connectivity index (χ3n) is 2.97. The molecule has 0 amide bonds. The van der Waals surface area contributed by atoms with E-state index in [9.17, 15) is 0 Å². The molecule has 102 valence electrons. The van der Waals surface area contributed by atoms with E-state index in [1.165, 1.54) is 17.7 Å². The van der Waals surface area contributed by atoms with Crippen LogP contribution in [0.2, 0.25) is 0 Å². The number of nitrogens with one attached hydrogen (secondary N) is 1. The monoisotopic (exact) mass is 267 g/mol. The fraction of sp³-hybridized carbons (Fsp3) is 0.600. The van der Waals surface area contributed by atoms with Gasteiger partial charge in [0.2, 0.25) is 0 Å². The van der Waals surface area contributed by atoms with Gasteiger partial charge in [0.1, 0.15) is 5.75 Å². The highest BCUT2D eigenvalue weighted by Crippen LogP contribution is 2.25. The van der Waals surface area contributed by atoms with Crippen molar-refractivity contribution in [2.75, 3.05) is 18.6 Å². The van der Waals surface area contributed by atoms with Crippen LogP contribution in [0, 0.1) is 0 Å². The van der Waals surface area contributed by atoms with Gasteiger partial charge >= 0.3 is 0 Å². The van der Waals surface area contributed by atoms with E-state index in [-0.39, 0.29) is 0 Å². The van der Waals surface area contributed by atoms with E-state index in [0.29, 0.717) is 18.7 Å². The molecule has 0 saturated heterocycles. The van der Waals surface area contributed by atoms with Crippen molar-refractivity contribution >= 4 is 11.8 Å². The highest BCUT2D eigenvalue weighted by Gasteiger charge is 2.13. The third-order valence-corrected chi connectivity index (χ3v) is 3.62. The fourth-order valence-corrected chi connectivity index (χ4v) is 2.61. The topological polar surface area (TPSA) is 21.3 Å². The Bertz CT molecular complexity index is 343. The number of hydrogen-bond donors (Lipinski definition) is 1. The van der Waals surface area contributed by atoms with Crippen LogP contribution in [-0.4, -0.2) is 24.7 Å². The molecule has 18 heavy (non-hydrogen) atoms. The van der Waals surface area contributed by atoms with Gasteiger partial charge < -0.3 is 10.1 Å². The summed E-state index contributed by atoms with van der Waals surface area (Å²) in [6, 6.07) is 9.14. The van der Waals surface area contributed by atoms with Gasteiger partial charge in [-0.2, -0.15) is 11.8 Å². The van der Waals surface area contributed by atoms with Crippen molar-refractivity contribution in [1.82, 2.24) is 5.32 Å². The number of para-hydroxylation sites is 1. The van der Waals surface area contributed by atoms with E-state index in [1.54, 1.807) is 0 Å². The maximum Gasteiger partial charge on any atom is 0.124 e. The van der Waals surface area contributed by atoms with Crippen molar-refractivity contribution in [3.8, 4) is 5.75 Å². The fourth-order valence-electron chi connectivity index (χ4n) is 2.02. The maximum atomic E-state index is 5.68. The summed E-state index contributed by atoms with van der Waals surface area (Å²) in [4.78, 5) is 0. The molecule has 1 aromatic rings. The lowest BCUT2D eigenvalue weighted by Gasteiger charge is -2.22. The van der Waals surface area contributed by atoms with Crippen molar-refractivity contribution in [2.24, 2.45) is 0 Å². The molecular formula is C15H25NOS. The minimum absolute atomic E-state index is 0.324.